The first kappa shape index (κ1) is 18.6. The normalized spacial score (nSPS) is 11.4. The van der Waals surface area contributed by atoms with Crippen LogP contribution in [0.2, 0.25) is 5.02 Å². The minimum Gasteiger partial charge on any atom is -0.349 e. The number of halogens is 1. The van der Waals surface area contributed by atoms with Crippen molar-refractivity contribution in [3.8, 4) is 10.6 Å². The smallest absolute Gasteiger partial charge is 0.271 e. The number of sulfonamides is 1. The lowest BCUT2D eigenvalue weighted by atomic mass is 10.3. The highest BCUT2D eigenvalue weighted by molar-refractivity contribution is 7.89. The SMILES string of the molecule is O=C(NCCNS(=O)(=O)c1cccc(Cl)c1)c1cc(-c2cccs2)[nH]n1. The van der Waals surface area contributed by atoms with Crippen LogP contribution in [-0.2, 0) is 10.0 Å². The molecule has 0 saturated carbocycles. The summed E-state index contributed by atoms with van der Waals surface area (Å²) in [4.78, 5) is 13.1. The zero-order valence-electron chi connectivity index (χ0n) is 13.4. The first-order valence-corrected chi connectivity index (χ1v) is 10.3. The van der Waals surface area contributed by atoms with E-state index >= 15 is 0 Å². The van der Waals surface area contributed by atoms with Crippen LogP contribution in [0.5, 0.6) is 0 Å². The Morgan fingerprint density at radius 1 is 1.19 bits per heavy atom. The lowest BCUT2D eigenvalue weighted by Crippen LogP contribution is -2.34. The number of nitrogens with one attached hydrogen (secondary N) is 3. The van der Waals surface area contributed by atoms with Gasteiger partial charge in [0.25, 0.3) is 5.91 Å². The van der Waals surface area contributed by atoms with Crippen molar-refractivity contribution in [3.05, 3.63) is 58.6 Å². The number of nitrogens with zero attached hydrogens (tertiary/aromatic N) is 1. The number of thiophene rings is 1. The number of hydrogen-bond acceptors (Lipinski definition) is 5. The standard InChI is InChI=1S/C16H15ClN4O3S2/c17-11-3-1-4-12(9-11)26(23,24)19-7-6-18-16(22)14-10-13(20-21-14)15-5-2-8-25-15/h1-5,8-10,19H,6-7H2,(H,18,22)(H,20,21). The highest BCUT2D eigenvalue weighted by Gasteiger charge is 2.15. The molecule has 3 N–H and O–H groups in total. The molecule has 0 spiro atoms. The fraction of sp³-hybridized carbons (Fsp3) is 0.125. The molecule has 136 valence electrons. The van der Waals surface area contributed by atoms with Crippen molar-refractivity contribution in [1.29, 1.82) is 0 Å². The third-order valence-corrected chi connectivity index (χ3v) is 6.00. The highest BCUT2D eigenvalue weighted by Crippen LogP contribution is 2.22. The summed E-state index contributed by atoms with van der Waals surface area (Å²) in [6.45, 7) is 0.169. The second kappa shape index (κ2) is 8.00. The molecule has 2 aromatic heterocycles. The van der Waals surface area contributed by atoms with Gasteiger partial charge < -0.3 is 5.32 Å². The number of amides is 1. The Hall–Kier alpha value is -2.20. The van der Waals surface area contributed by atoms with Crippen molar-refractivity contribution in [2.24, 2.45) is 0 Å². The van der Waals surface area contributed by atoms with Crippen molar-refractivity contribution < 1.29 is 13.2 Å². The maximum Gasteiger partial charge on any atom is 0.271 e. The molecule has 0 aliphatic rings. The molecule has 26 heavy (non-hydrogen) atoms. The number of benzene rings is 1. The summed E-state index contributed by atoms with van der Waals surface area (Å²) >= 11 is 7.34. The Morgan fingerprint density at radius 2 is 2.04 bits per heavy atom. The molecule has 0 saturated heterocycles. The largest absolute Gasteiger partial charge is 0.349 e. The predicted octanol–water partition coefficient (Wildman–Crippen LogP) is 2.50. The molecule has 2 heterocycles. The average Bonchev–Trinajstić information content (AvgIpc) is 3.29. The molecule has 0 bridgehead atoms. The molecule has 0 atom stereocenters. The first-order chi connectivity index (χ1) is 12.5. The second-order valence-electron chi connectivity index (χ2n) is 5.26. The van der Waals surface area contributed by atoms with Gasteiger partial charge in [-0.3, -0.25) is 9.89 Å². The lowest BCUT2D eigenvalue weighted by molar-refractivity contribution is 0.0949. The van der Waals surface area contributed by atoms with Crippen LogP contribution in [-0.4, -0.2) is 37.6 Å². The molecule has 0 aliphatic heterocycles. The topological polar surface area (TPSA) is 104 Å². The van der Waals surface area contributed by atoms with Crippen molar-refractivity contribution in [1.82, 2.24) is 20.2 Å². The molecule has 7 nitrogen and oxygen atoms in total. The quantitative estimate of drug-likeness (QED) is 0.520. The van der Waals surface area contributed by atoms with Crippen LogP contribution < -0.4 is 10.0 Å². The maximum atomic E-state index is 12.1. The molecule has 0 radical (unpaired) electrons. The fourth-order valence-corrected chi connectivity index (χ4v) is 4.19. The van der Waals surface area contributed by atoms with Gasteiger partial charge in [0, 0.05) is 18.1 Å². The summed E-state index contributed by atoms with van der Waals surface area (Å²) in [6.07, 6.45) is 0. The van der Waals surface area contributed by atoms with Crippen LogP contribution in [0.3, 0.4) is 0 Å². The van der Waals surface area contributed by atoms with E-state index in [9.17, 15) is 13.2 Å². The molecule has 3 rings (SSSR count). The summed E-state index contributed by atoms with van der Waals surface area (Å²) in [5.74, 6) is -0.383. The Kier molecular flexibility index (Phi) is 5.72. The van der Waals surface area contributed by atoms with Crippen LogP contribution in [0.1, 0.15) is 10.5 Å². The molecule has 0 unspecified atom stereocenters. The third kappa shape index (κ3) is 4.50. The van der Waals surface area contributed by atoms with Gasteiger partial charge in [-0.1, -0.05) is 23.7 Å². The zero-order valence-corrected chi connectivity index (χ0v) is 15.8. The monoisotopic (exact) mass is 410 g/mol. The minimum absolute atomic E-state index is 0.0444. The van der Waals surface area contributed by atoms with Crippen LogP contribution in [0.15, 0.2) is 52.7 Å². The van der Waals surface area contributed by atoms with Crippen molar-refractivity contribution in [2.45, 2.75) is 4.90 Å². The molecule has 1 aromatic carbocycles. The molecule has 3 aromatic rings. The van der Waals surface area contributed by atoms with E-state index in [-0.39, 0.29) is 29.6 Å². The Balaban J connectivity index is 1.51. The summed E-state index contributed by atoms with van der Waals surface area (Å²) in [7, 11) is -3.68. The maximum absolute atomic E-state index is 12.1. The summed E-state index contributed by atoms with van der Waals surface area (Å²) in [5, 5.41) is 11.7. The lowest BCUT2D eigenvalue weighted by Gasteiger charge is -2.07. The number of H-pyrrole nitrogens is 1. The number of aromatic nitrogens is 2. The molecule has 10 heteroatoms. The molecule has 1 amide bonds. The number of carbonyl (C=O) groups excluding carboxylic acids is 1. The van der Waals surface area contributed by atoms with E-state index in [1.54, 1.807) is 18.2 Å². The van der Waals surface area contributed by atoms with Crippen LogP contribution in [0, 0.1) is 0 Å². The van der Waals surface area contributed by atoms with E-state index in [1.807, 2.05) is 17.5 Å². The minimum atomic E-state index is -3.68. The zero-order chi connectivity index (χ0) is 18.6. The van der Waals surface area contributed by atoms with Gasteiger partial charge in [-0.15, -0.1) is 11.3 Å². The van der Waals surface area contributed by atoms with E-state index in [0.717, 1.165) is 10.6 Å². The van der Waals surface area contributed by atoms with Crippen molar-refractivity contribution in [2.75, 3.05) is 13.1 Å². The summed E-state index contributed by atoms with van der Waals surface area (Å²) < 4.78 is 26.7. The van der Waals surface area contributed by atoms with Gasteiger partial charge in [0.2, 0.25) is 10.0 Å². The second-order valence-corrected chi connectivity index (χ2v) is 8.41. The average molecular weight is 411 g/mol. The van der Waals surface area contributed by atoms with Crippen LogP contribution in [0.4, 0.5) is 0 Å². The summed E-state index contributed by atoms with van der Waals surface area (Å²) in [5.41, 5.74) is 0.998. The van der Waals surface area contributed by atoms with Gasteiger partial charge in [-0.05, 0) is 35.7 Å². The van der Waals surface area contributed by atoms with E-state index in [0.29, 0.717) is 5.02 Å². The van der Waals surface area contributed by atoms with Crippen molar-refractivity contribution >= 4 is 38.9 Å². The Bertz CT molecular complexity index is 1000. The van der Waals surface area contributed by atoms with E-state index in [4.69, 9.17) is 11.6 Å². The number of hydrogen-bond donors (Lipinski definition) is 3. The third-order valence-electron chi connectivity index (χ3n) is 3.41. The predicted molar refractivity (Wildman–Crippen MR) is 101 cm³/mol. The van der Waals surface area contributed by atoms with Crippen LogP contribution in [0.25, 0.3) is 10.6 Å². The Morgan fingerprint density at radius 3 is 2.77 bits per heavy atom. The van der Waals surface area contributed by atoms with Gasteiger partial charge in [0.15, 0.2) is 5.69 Å². The molecular weight excluding hydrogens is 396 g/mol. The number of aromatic amines is 1. The first-order valence-electron chi connectivity index (χ1n) is 7.58. The Labute approximate surface area is 159 Å². The van der Waals surface area contributed by atoms with Gasteiger partial charge in [-0.2, -0.15) is 5.10 Å². The van der Waals surface area contributed by atoms with Crippen molar-refractivity contribution in [3.63, 3.8) is 0 Å². The van der Waals surface area contributed by atoms with E-state index in [1.165, 1.54) is 23.5 Å². The molecular formula is C16H15ClN4O3S2. The van der Waals surface area contributed by atoms with E-state index < -0.39 is 10.0 Å². The highest BCUT2D eigenvalue weighted by atomic mass is 35.5. The van der Waals surface area contributed by atoms with Gasteiger partial charge in [0.05, 0.1) is 15.5 Å². The number of rotatable bonds is 7. The van der Waals surface area contributed by atoms with Gasteiger partial charge >= 0.3 is 0 Å². The molecule has 0 fully saturated rings. The van der Waals surface area contributed by atoms with Gasteiger partial charge in [-0.25, -0.2) is 13.1 Å². The van der Waals surface area contributed by atoms with E-state index in [2.05, 4.69) is 20.2 Å². The summed E-state index contributed by atoms with van der Waals surface area (Å²) in [6, 6.07) is 11.4. The van der Waals surface area contributed by atoms with Gasteiger partial charge in [0.1, 0.15) is 0 Å². The van der Waals surface area contributed by atoms with Crippen LogP contribution >= 0.6 is 22.9 Å². The molecule has 0 aliphatic carbocycles. The number of carbonyl (C=O) groups is 1. The fourth-order valence-electron chi connectivity index (χ4n) is 2.17.